The van der Waals surface area contributed by atoms with Crippen LogP contribution in [-0.4, -0.2) is 23.5 Å². The Morgan fingerprint density at radius 3 is 2.72 bits per heavy atom. The van der Waals surface area contributed by atoms with Crippen molar-refractivity contribution in [3.8, 4) is 0 Å². The van der Waals surface area contributed by atoms with Crippen molar-refractivity contribution in [2.45, 2.75) is 37.4 Å². The van der Waals surface area contributed by atoms with Gasteiger partial charge in [-0.1, -0.05) is 30.3 Å². The molecule has 1 amide bonds. The van der Waals surface area contributed by atoms with E-state index >= 15 is 0 Å². The smallest absolute Gasteiger partial charge is 0.230 e. The summed E-state index contributed by atoms with van der Waals surface area (Å²) in [4.78, 5) is 12.3. The fraction of sp³-hybridized carbons (Fsp3) is 0.533. The van der Waals surface area contributed by atoms with E-state index in [2.05, 4.69) is 5.32 Å². The number of rotatable bonds is 4. The lowest BCUT2D eigenvalue weighted by Crippen LogP contribution is -2.42. The van der Waals surface area contributed by atoms with Gasteiger partial charge in [0.2, 0.25) is 5.91 Å². The summed E-state index contributed by atoms with van der Waals surface area (Å²) in [5.74, 6) is 1.36. The second kappa shape index (κ2) is 5.79. The van der Waals surface area contributed by atoms with Crippen molar-refractivity contribution >= 4 is 17.7 Å². The zero-order chi connectivity index (χ0) is 13.0. The normalized spacial score (nSPS) is 19.8. The maximum absolute atomic E-state index is 12.3. The fourth-order valence-corrected chi connectivity index (χ4v) is 3.42. The van der Waals surface area contributed by atoms with Crippen molar-refractivity contribution in [2.75, 3.05) is 12.3 Å². The topological polar surface area (TPSA) is 29.1 Å². The van der Waals surface area contributed by atoms with Gasteiger partial charge in [-0.25, -0.2) is 0 Å². The maximum Gasteiger partial charge on any atom is 0.230 e. The van der Waals surface area contributed by atoms with Gasteiger partial charge in [0, 0.05) is 11.8 Å². The Morgan fingerprint density at radius 1 is 1.39 bits per heavy atom. The molecule has 1 aromatic rings. The highest BCUT2D eigenvalue weighted by atomic mass is 32.2. The minimum Gasteiger partial charge on any atom is -0.354 e. The summed E-state index contributed by atoms with van der Waals surface area (Å²) in [6.45, 7) is 4.78. The molecule has 0 radical (unpaired) electrons. The third-order valence-corrected chi connectivity index (χ3v) is 4.98. The molecular formula is C15H21NOS. The van der Waals surface area contributed by atoms with Crippen LogP contribution in [0.25, 0.3) is 0 Å². The van der Waals surface area contributed by atoms with E-state index in [4.69, 9.17) is 0 Å². The molecular weight excluding hydrogens is 242 g/mol. The molecule has 0 saturated carbocycles. The van der Waals surface area contributed by atoms with Gasteiger partial charge in [0.1, 0.15) is 0 Å². The van der Waals surface area contributed by atoms with Crippen molar-refractivity contribution in [2.24, 2.45) is 0 Å². The van der Waals surface area contributed by atoms with Crippen LogP contribution in [0.4, 0.5) is 0 Å². The van der Waals surface area contributed by atoms with Crippen molar-refractivity contribution < 1.29 is 4.79 Å². The first-order valence-electron chi connectivity index (χ1n) is 6.56. The van der Waals surface area contributed by atoms with Crippen LogP contribution in [-0.2, 0) is 10.2 Å². The first-order valence-corrected chi connectivity index (χ1v) is 7.61. The van der Waals surface area contributed by atoms with E-state index in [0.29, 0.717) is 5.25 Å². The van der Waals surface area contributed by atoms with Crippen LogP contribution in [0.3, 0.4) is 0 Å². The van der Waals surface area contributed by atoms with E-state index < -0.39 is 5.41 Å². The molecule has 18 heavy (non-hydrogen) atoms. The summed E-state index contributed by atoms with van der Waals surface area (Å²) in [6, 6.07) is 9.98. The molecule has 0 spiro atoms. The molecule has 1 saturated heterocycles. The molecule has 0 unspecified atom stereocenters. The summed E-state index contributed by atoms with van der Waals surface area (Å²) in [7, 11) is 0. The van der Waals surface area contributed by atoms with E-state index in [1.54, 1.807) is 0 Å². The van der Waals surface area contributed by atoms with Crippen LogP contribution in [0, 0.1) is 0 Å². The Hall–Kier alpha value is -0.960. The third-order valence-electron chi connectivity index (χ3n) is 3.58. The third kappa shape index (κ3) is 3.08. The molecule has 98 valence electrons. The average molecular weight is 263 g/mol. The van der Waals surface area contributed by atoms with Crippen LogP contribution in [0.1, 0.15) is 32.3 Å². The molecule has 1 N–H and O–H groups in total. The van der Waals surface area contributed by atoms with Gasteiger partial charge in [0.15, 0.2) is 0 Å². The Balaban J connectivity index is 1.94. The van der Waals surface area contributed by atoms with Crippen LogP contribution in [0.15, 0.2) is 30.3 Å². The van der Waals surface area contributed by atoms with Crippen LogP contribution < -0.4 is 5.32 Å². The number of nitrogens with one attached hydrogen (secondary N) is 1. The molecule has 2 rings (SSSR count). The number of amides is 1. The van der Waals surface area contributed by atoms with Gasteiger partial charge in [-0.15, -0.1) is 0 Å². The molecule has 1 heterocycles. The van der Waals surface area contributed by atoms with Crippen molar-refractivity contribution in [1.29, 1.82) is 0 Å². The number of thioether (sulfide) groups is 1. The highest BCUT2D eigenvalue weighted by molar-refractivity contribution is 8.00. The zero-order valence-corrected chi connectivity index (χ0v) is 11.9. The van der Waals surface area contributed by atoms with Gasteiger partial charge in [-0.05, 0) is 38.0 Å². The zero-order valence-electron chi connectivity index (χ0n) is 11.1. The molecule has 0 aliphatic carbocycles. The van der Waals surface area contributed by atoms with Crippen LogP contribution in [0.5, 0.6) is 0 Å². The second-order valence-electron chi connectivity index (χ2n) is 5.34. The first-order chi connectivity index (χ1) is 8.60. The van der Waals surface area contributed by atoms with E-state index in [0.717, 1.165) is 12.1 Å². The lowest BCUT2D eigenvalue weighted by Gasteiger charge is -2.25. The molecule has 1 atom stereocenters. The summed E-state index contributed by atoms with van der Waals surface area (Å²) in [5.41, 5.74) is 0.617. The molecule has 1 fully saturated rings. The second-order valence-corrected chi connectivity index (χ2v) is 6.74. The Bertz CT molecular complexity index is 396. The lowest BCUT2D eigenvalue weighted by atomic mass is 9.84. The van der Waals surface area contributed by atoms with Gasteiger partial charge in [-0.2, -0.15) is 11.8 Å². The first kappa shape index (κ1) is 13.5. The molecule has 2 nitrogen and oxygen atoms in total. The Kier molecular flexibility index (Phi) is 4.33. The molecule has 1 aliphatic heterocycles. The van der Waals surface area contributed by atoms with Gasteiger partial charge >= 0.3 is 0 Å². The van der Waals surface area contributed by atoms with Gasteiger partial charge in [0.25, 0.3) is 0 Å². The van der Waals surface area contributed by atoms with Crippen molar-refractivity contribution in [3.63, 3.8) is 0 Å². The highest BCUT2D eigenvalue weighted by Crippen LogP contribution is 2.26. The molecule has 0 bridgehead atoms. The van der Waals surface area contributed by atoms with E-state index in [-0.39, 0.29) is 5.91 Å². The number of carbonyl (C=O) groups is 1. The largest absolute Gasteiger partial charge is 0.354 e. The van der Waals surface area contributed by atoms with Crippen LogP contribution >= 0.6 is 11.8 Å². The predicted molar refractivity (Wildman–Crippen MR) is 78.0 cm³/mol. The van der Waals surface area contributed by atoms with Gasteiger partial charge in [-0.3, -0.25) is 4.79 Å². The molecule has 0 aromatic heterocycles. The number of hydrogen-bond donors (Lipinski definition) is 1. The number of benzene rings is 1. The highest BCUT2D eigenvalue weighted by Gasteiger charge is 2.30. The fourth-order valence-electron chi connectivity index (χ4n) is 2.22. The maximum atomic E-state index is 12.3. The van der Waals surface area contributed by atoms with Crippen molar-refractivity contribution in [3.05, 3.63) is 35.9 Å². The van der Waals surface area contributed by atoms with E-state index in [9.17, 15) is 4.79 Å². The van der Waals surface area contributed by atoms with Crippen LogP contribution in [0.2, 0.25) is 0 Å². The standard InChI is InChI=1S/C15H21NOS/c1-15(2,12-7-4-3-5-8-12)14(17)16-11-13-9-6-10-18-13/h3-5,7-8,13H,6,9-11H2,1-2H3,(H,16,17)/t13-/m1/s1. The summed E-state index contributed by atoms with van der Waals surface area (Å²) >= 11 is 1.98. The predicted octanol–water partition coefficient (Wildman–Crippen LogP) is 2.98. The number of hydrogen-bond acceptors (Lipinski definition) is 2. The Labute approximate surface area is 114 Å². The SMILES string of the molecule is CC(C)(C(=O)NC[C@H]1CCCS1)c1ccccc1. The number of carbonyl (C=O) groups excluding carboxylic acids is 1. The molecule has 1 aliphatic rings. The monoisotopic (exact) mass is 263 g/mol. The minimum atomic E-state index is -0.454. The summed E-state index contributed by atoms with van der Waals surface area (Å²) in [6.07, 6.45) is 2.52. The van der Waals surface area contributed by atoms with E-state index in [1.165, 1.54) is 18.6 Å². The molecule has 1 aromatic carbocycles. The Morgan fingerprint density at radius 2 is 2.11 bits per heavy atom. The lowest BCUT2D eigenvalue weighted by molar-refractivity contribution is -0.125. The summed E-state index contributed by atoms with van der Waals surface area (Å²) < 4.78 is 0. The summed E-state index contributed by atoms with van der Waals surface area (Å²) in [5, 5.41) is 3.72. The van der Waals surface area contributed by atoms with E-state index in [1.807, 2.05) is 55.9 Å². The quantitative estimate of drug-likeness (QED) is 0.905. The van der Waals surface area contributed by atoms with Crippen molar-refractivity contribution in [1.82, 2.24) is 5.32 Å². The van der Waals surface area contributed by atoms with Gasteiger partial charge < -0.3 is 5.32 Å². The molecule has 3 heteroatoms. The van der Waals surface area contributed by atoms with Gasteiger partial charge in [0.05, 0.1) is 5.41 Å². The average Bonchev–Trinajstić information content (AvgIpc) is 2.90. The minimum absolute atomic E-state index is 0.126.